The lowest BCUT2D eigenvalue weighted by atomic mass is 10.1. The summed E-state index contributed by atoms with van der Waals surface area (Å²) in [6, 6.07) is 0. The molecule has 2 rings (SSSR count). The molecule has 33 heavy (non-hydrogen) atoms. The molecule has 1 aromatic rings. The molecule has 0 radical (unpaired) electrons. The van der Waals surface area contributed by atoms with Crippen molar-refractivity contribution in [3.8, 4) is 0 Å². The van der Waals surface area contributed by atoms with Crippen LogP contribution in [0, 0.1) is 5.82 Å². The van der Waals surface area contributed by atoms with Crippen LogP contribution in [0.2, 0.25) is 0 Å². The zero-order valence-corrected chi connectivity index (χ0v) is 19.7. The molecule has 1 aliphatic rings. The molecule has 0 saturated carbocycles. The van der Waals surface area contributed by atoms with Gasteiger partial charge < -0.3 is 20.1 Å². The van der Waals surface area contributed by atoms with E-state index in [-0.39, 0.29) is 6.54 Å². The molecule has 0 spiro atoms. The smallest absolute Gasteiger partial charge is 0.333 e. The highest BCUT2D eigenvalue weighted by molar-refractivity contribution is 5.06. The third kappa shape index (κ3) is 7.07. The summed E-state index contributed by atoms with van der Waals surface area (Å²) in [6.07, 6.45) is 4.70. The molecule has 4 atom stereocenters. The monoisotopic (exact) mass is 466 g/mol. The van der Waals surface area contributed by atoms with Gasteiger partial charge in [-0.15, -0.1) is 0 Å². The fraction of sp³-hybridized carbons (Fsp3) is 0.583. The Labute approximate surface area is 192 Å². The Morgan fingerprint density at radius 1 is 1.03 bits per heavy atom. The predicted octanol–water partition coefficient (Wildman–Crippen LogP) is 2.18. The number of halogens is 1. The molecule has 1 unspecified atom stereocenters. The molecule has 1 aliphatic heterocycles. The quantitative estimate of drug-likeness (QED) is 0.456. The second-order valence-corrected chi connectivity index (χ2v) is 8.77. The van der Waals surface area contributed by atoms with Gasteiger partial charge in [0.05, 0.1) is 12.8 Å². The molecule has 0 amide bonds. The van der Waals surface area contributed by atoms with E-state index in [9.17, 15) is 29.3 Å². The van der Waals surface area contributed by atoms with Crippen molar-refractivity contribution < 1.29 is 24.4 Å². The first-order valence-electron chi connectivity index (χ1n) is 11.1. The Morgan fingerprint density at radius 3 is 2.21 bits per heavy atom. The van der Waals surface area contributed by atoms with Crippen LogP contribution in [-0.4, -0.2) is 49.4 Å². The molecule has 1 fully saturated rings. The SMILES string of the molecule is CC(C)=CCC/C(C)=C/CC/C(C)=C/Cn1c(=O)c(F)cn([C@@H]2O[C@H](CO)[C@H](O)C2O)c1=O. The van der Waals surface area contributed by atoms with Crippen molar-refractivity contribution in [3.63, 3.8) is 0 Å². The van der Waals surface area contributed by atoms with Gasteiger partial charge in [0.15, 0.2) is 6.23 Å². The van der Waals surface area contributed by atoms with Crippen LogP contribution in [0.15, 0.2) is 50.7 Å². The Morgan fingerprint density at radius 2 is 1.64 bits per heavy atom. The van der Waals surface area contributed by atoms with E-state index in [4.69, 9.17) is 4.74 Å². The van der Waals surface area contributed by atoms with Gasteiger partial charge in [-0.2, -0.15) is 4.39 Å². The van der Waals surface area contributed by atoms with E-state index in [1.807, 2.05) is 6.92 Å². The van der Waals surface area contributed by atoms with Crippen LogP contribution in [0.5, 0.6) is 0 Å². The molecule has 184 valence electrons. The van der Waals surface area contributed by atoms with Gasteiger partial charge in [0.2, 0.25) is 5.82 Å². The topological polar surface area (TPSA) is 114 Å². The van der Waals surface area contributed by atoms with Crippen molar-refractivity contribution in [1.82, 2.24) is 9.13 Å². The number of aliphatic hydroxyl groups is 3. The first-order valence-corrected chi connectivity index (χ1v) is 11.1. The Kier molecular flexibility index (Phi) is 9.97. The molecule has 0 aliphatic carbocycles. The maximum absolute atomic E-state index is 14.3. The summed E-state index contributed by atoms with van der Waals surface area (Å²) in [5.41, 5.74) is 1.57. The summed E-state index contributed by atoms with van der Waals surface area (Å²) in [6.45, 7) is 7.38. The molecule has 9 heteroatoms. The van der Waals surface area contributed by atoms with Crippen LogP contribution in [-0.2, 0) is 11.3 Å². The second kappa shape index (κ2) is 12.2. The van der Waals surface area contributed by atoms with Crippen LogP contribution in [0.1, 0.15) is 59.6 Å². The maximum Gasteiger partial charge on any atom is 0.333 e. The Balaban J connectivity index is 2.11. The number of hydrogen-bond acceptors (Lipinski definition) is 6. The van der Waals surface area contributed by atoms with Gasteiger partial charge in [-0.3, -0.25) is 13.9 Å². The van der Waals surface area contributed by atoms with E-state index in [2.05, 4.69) is 32.9 Å². The number of aromatic nitrogens is 2. The molecule has 0 aromatic carbocycles. The van der Waals surface area contributed by atoms with Crippen LogP contribution < -0.4 is 11.2 Å². The van der Waals surface area contributed by atoms with Crippen molar-refractivity contribution in [1.29, 1.82) is 0 Å². The lowest BCUT2D eigenvalue weighted by Crippen LogP contribution is -2.44. The average molecular weight is 467 g/mol. The molecule has 0 bridgehead atoms. The third-order valence-electron chi connectivity index (χ3n) is 5.69. The summed E-state index contributed by atoms with van der Waals surface area (Å²) >= 11 is 0. The van der Waals surface area contributed by atoms with E-state index in [0.29, 0.717) is 10.8 Å². The van der Waals surface area contributed by atoms with E-state index >= 15 is 0 Å². The van der Waals surface area contributed by atoms with E-state index < -0.39 is 48.2 Å². The van der Waals surface area contributed by atoms with Gasteiger partial charge in [-0.25, -0.2) is 4.79 Å². The normalized spacial score (nSPS) is 23.8. The minimum atomic E-state index is -1.56. The first kappa shape index (κ1) is 26.9. The van der Waals surface area contributed by atoms with E-state index in [1.165, 1.54) is 11.1 Å². The van der Waals surface area contributed by atoms with Crippen LogP contribution in [0.4, 0.5) is 4.39 Å². The standard InChI is InChI=1S/C24H35FN2O6/c1-15(2)7-5-8-16(3)9-6-10-17(4)11-12-26-22(31)18(25)13-27(24(26)32)23-21(30)20(29)19(14-28)33-23/h7,9,11,13,19-21,23,28-30H,5-6,8,10,12,14H2,1-4H3/b16-9+,17-11+/t19-,20+,21?,23-/m1/s1. The van der Waals surface area contributed by atoms with Gasteiger partial charge in [-0.1, -0.05) is 34.9 Å². The van der Waals surface area contributed by atoms with E-state index in [1.54, 1.807) is 6.08 Å². The summed E-state index contributed by atoms with van der Waals surface area (Å²) in [5.74, 6) is -1.19. The highest BCUT2D eigenvalue weighted by atomic mass is 19.1. The summed E-state index contributed by atoms with van der Waals surface area (Å²) in [5, 5.41) is 29.3. The average Bonchev–Trinajstić information content (AvgIpc) is 3.04. The van der Waals surface area contributed by atoms with Crippen molar-refractivity contribution in [3.05, 3.63) is 67.8 Å². The number of allylic oxidation sites excluding steroid dienone is 6. The second-order valence-electron chi connectivity index (χ2n) is 8.77. The van der Waals surface area contributed by atoms with Crippen molar-refractivity contribution in [2.75, 3.05) is 6.61 Å². The molecular formula is C24H35FN2O6. The summed E-state index contributed by atoms with van der Waals surface area (Å²) in [4.78, 5) is 25.0. The predicted molar refractivity (Wildman–Crippen MR) is 123 cm³/mol. The molecule has 3 N–H and O–H groups in total. The van der Waals surface area contributed by atoms with Crippen LogP contribution >= 0.6 is 0 Å². The van der Waals surface area contributed by atoms with Crippen molar-refractivity contribution >= 4 is 0 Å². The molecule has 8 nitrogen and oxygen atoms in total. The fourth-order valence-corrected chi connectivity index (χ4v) is 3.63. The summed E-state index contributed by atoms with van der Waals surface area (Å²) < 4.78 is 21.0. The highest BCUT2D eigenvalue weighted by Gasteiger charge is 2.44. The lowest BCUT2D eigenvalue weighted by molar-refractivity contribution is -0.0560. The first-order chi connectivity index (χ1) is 15.6. The minimum absolute atomic E-state index is 0.140. The van der Waals surface area contributed by atoms with Gasteiger partial charge >= 0.3 is 5.69 Å². The van der Waals surface area contributed by atoms with Crippen LogP contribution in [0.3, 0.4) is 0 Å². The zero-order valence-electron chi connectivity index (χ0n) is 19.7. The molecule has 2 heterocycles. The Bertz CT molecular complexity index is 1020. The maximum atomic E-state index is 14.3. The van der Waals surface area contributed by atoms with Crippen LogP contribution in [0.25, 0.3) is 0 Å². The largest absolute Gasteiger partial charge is 0.394 e. The number of rotatable bonds is 10. The van der Waals surface area contributed by atoms with Gasteiger partial charge in [-0.05, 0) is 53.4 Å². The van der Waals surface area contributed by atoms with Gasteiger partial charge in [0, 0.05) is 6.54 Å². The van der Waals surface area contributed by atoms with Gasteiger partial charge in [0.25, 0.3) is 5.56 Å². The number of hydrogen-bond donors (Lipinski definition) is 3. The van der Waals surface area contributed by atoms with Crippen molar-refractivity contribution in [2.45, 2.75) is 84.5 Å². The number of aliphatic hydroxyl groups excluding tert-OH is 3. The zero-order chi connectivity index (χ0) is 24.7. The molecular weight excluding hydrogens is 431 g/mol. The molecule has 1 aromatic heterocycles. The third-order valence-corrected chi connectivity index (χ3v) is 5.69. The molecule has 1 saturated heterocycles. The highest BCUT2D eigenvalue weighted by Crippen LogP contribution is 2.28. The number of nitrogens with zero attached hydrogens (tertiary/aromatic N) is 2. The minimum Gasteiger partial charge on any atom is -0.394 e. The van der Waals surface area contributed by atoms with Gasteiger partial charge in [0.1, 0.15) is 18.3 Å². The lowest BCUT2D eigenvalue weighted by Gasteiger charge is -2.18. The Hall–Kier alpha value is -2.33. The number of ether oxygens (including phenoxy) is 1. The fourth-order valence-electron chi connectivity index (χ4n) is 3.63. The van der Waals surface area contributed by atoms with E-state index in [0.717, 1.165) is 35.8 Å². The summed E-state index contributed by atoms with van der Waals surface area (Å²) in [7, 11) is 0. The van der Waals surface area contributed by atoms with Crippen molar-refractivity contribution in [2.24, 2.45) is 0 Å².